The van der Waals surface area contributed by atoms with Crippen molar-refractivity contribution in [1.29, 1.82) is 0 Å². The Morgan fingerprint density at radius 2 is 1.12 bits per heavy atom. The number of aromatic nitrogens is 2. The molecule has 6 aromatic rings. The summed E-state index contributed by atoms with van der Waals surface area (Å²) >= 11 is 6.06. The Labute approximate surface area is 293 Å². The zero-order chi connectivity index (χ0) is 33.5. The van der Waals surface area contributed by atoms with Crippen molar-refractivity contribution in [3.05, 3.63) is 127 Å². The van der Waals surface area contributed by atoms with E-state index in [1.807, 2.05) is 47.5 Å². The minimum atomic E-state index is -0.622. The zero-order valence-corrected chi connectivity index (χ0v) is 29.3. The van der Waals surface area contributed by atoms with E-state index in [1.54, 1.807) is 59.3 Å². The van der Waals surface area contributed by atoms with Crippen LogP contribution in [0.2, 0.25) is 0 Å². The number of amides is 2. The van der Waals surface area contributed by atoms with Crippen LogP contribution in [0.15, 0.2) is 93.2 Å². The fraction of sp³-hybridized carbons (Fsp3) is 0.222. The van der Waals surface area contributed by atoms with Gasteiger partial charge in [0.2, 0.25) is 11.8 Å². The predicted octanol–water partition coefficient (Wildman–Crippen LogP) is 8.49. The summed E-state index contributed by atoms with van der Waals surface area (Å²) < 4.78 is 0. The fourth-order valence-corrected chi connectivity index (χ4v) is 9.57. The number of thiophene rings is 2. The number of aromatic hydroxyl groups is 2. The summed E-state index contributed by atoms with van der Waals surface area (Å²) in [6.07, 6.45) is 4.64. The number of phenolic OH excluding ortho intramolecular Hbond substituents is 2. The molecule has 2 amide bonds. The lowest BCUT2D eigenvalue weighted by atomic mass is 9.74. The molecule has 8 rings (SSSR count). The molecule has 2 aliphatic rings. The highest BCUT2D eigenvalue weighted by atomic mass is 32.1. The van der Waals surface area contributed by atoms with E-state index in [-0.39, 0.29) is 35.1 Å². The molecule has 0 spiro atoms. The molecule has 0 radical (unpaired) electrons. The average Bonchev–Trinajstić information content (AvgIpc) is 3.89. The van der Waals surface area contributed by atoms with Gasteiger partial charge in [0.15, 0.2) is 10.3 Å². The molecule has 0 aliphatic heterocycles. The summed E-state index contributed by atoms with van der Waals surface area (Å²) in [6, 6.07) is 14.9. The van der Waals surface area contributed by atoms with Gasteiger partial charge in [-0.05, 0) is 118 Å². The normalized spacial score (nSPS) is 22.3. The first-order chi connectivity index (χ1) is 23.2. The summed E-state index contributed by atoms with van der Waals surface area (Å²) in [5.74, 6) is 0.238. The van der Waals surface area contributed by atoms with Crippen molar-refractivity contribution in [3.63, 3.8) is 0 Å². The van der Waals surface area contributed by atoms with Crippen LogP contribution in [0.25, 0.3) is 0 Å². The van der Waals surface area contributed by atoms with E-state index in [1.165, 1.54) is 22.7 Å². The van der Waals surface area contributed by atoms with Gasteiger partial charge in [-0.3, -0.25) is 9.59 Å². The van der Waals surface area contributed by atoms with Crippen LogP contribution in [-0.2, 0) is 22.4 Å². The number of carbonyl (C=O) groups is 2. The van der Waals surface area contributed by atoms with Gasteiger partial charge in [-0.15, -0.1) is 22.7 Å². The minimum absolute atomic E-state index is 0.0376. The maximum absolute atomic E-state index is 13.1. The number of fused-ring (bicyclic) bond motifs is 2. The lowest BCUT2D eigenvalue weighted by Crippen LogP contribution is -2.37. The molecule has 2 aromatic carbocycles. The second kappa shape index (κ2) is 12.9. The molecule has 0 bridgehead atoms. The second-order valence-electron chi connectivity index (χ2n) is 12.5. The molecule has 4 N–H and O–H groups in total. The smallest absolute Gasteiger partial charge is 0.233 e. The molecule has 4 heterocycles. The Morgan fingerprint density at radius 1 is 0.688 bits per heavy atom. The first-order valence-electron chi connectivity index (χ1n) is 15.3. The van der Waals surface area contributed by atoms with Crippen molar-refractivity contribution in [3.8, 4) is 11.5 Å². The Bertz CT molecular complexity index is 1900. The van der Waals surface area contributed by atoms with E-state index >= 15 is 0 Å². The third-order valence-electron chi connectivity index (χ3n) is 9.37. The topological polar surface area (TPSA) is 124 Å². The molecule has 12 heteroatoms. The largest absolute Gasteiger partial charge is 0.508 e. The number of nitrogens with one attached hydrogen (secondary N) is 2. The number of thiazole rings is 2. The Morgan fingerprint density at radius 3 is 1.48 bits per heavy atom. The number of carbonyl (C=O) groups excluding carboxylic acids is 2. The van der Waals surface area contributed by atoms with E-state index in [0.717, 1.165) is 33.4 Å². The van der Waals surface area contributed by atoms with Crippen molar-refractivity contribution in [2.24, 2.45) is 10.8 Å². The van der Waals surface area contributed by atoms with Gasteiger partial charge < -0.3 is 20.8 Å². The van der Waals surface area contributed by atoms with E-state index in [2.05, 4.69) is 43.5 Å². The number of hydrogen-bond acceptors (Lipinski definition) is 10. The van der Waals surface area contributed by atoms with Gasteiger partial charge in [0.1, 0.15) is 11.5 Å². The molecule has 48 heavy (non-hydrogen) atoms. The van der Waals surface area contributed by atoms with E-state index < -0.39 is 10.8 Å². The van der Waals surface area contributed by atoms with Crippen LogP contribution in [0.4, 0.5) is 10.3 Å². The third kappa shape index (κ3) is 5.94. The van der Waals surface area contributed by atoms with Crippen molar-refractivity contribution in [1.82, 2.24) is 9.97 Å². The van der Waals surface area contributed by atoms with Crippen molar-refractivity contribution in [2.45, 2.75) is 38.5 Å². The Hall–Kier alpha value is -4.36. The van der Waals surface area contributed by atoms with Crippen molar-refractivity contribution < 1.29 is 19.8 Å². The first kappa shape index (κ1) is 32.2. The standard InChI is InChI=1S/2C18H16N2O2S2/c2*1-18(16(22)20-17-19-5-7-24-17)9-11-2-3-13(21)8-14(11)15(18)12-4-6-23-10-12/h2*2-8,10,15,21H,9H2,1H3,(H,19,20,22)/t15-,18+;15-,18-/m00/s1. The third-order valence-corrected chi connectivity index (χ3v) is 12.1. The van der Waals surface area contributed by atoms with Crippen molar-refractivity contribution >= 4 is 67.4 Å². The Kier molecular flexibility index (Phi) is 8.67. The number of phenols is 2. The maximum Gasteiger partial charge on any atom is 0.233 e. The van der Waals surface area contributed by atoms with Gasteiger partial charge in [-0.25, -0.2) is 9.97 Å². The highest BCUT2D eigenvalue weighted by molar-refractivity contribution is 7.14. The molecule has 4 aromatic heterocycles. The predicted molar refractivity (Wildman–Crippen MR) is 194 cm³/mol. The molecule has 0 saturated heterocycles. The highest BCUT2D eigenvalue weighted by Gasteiger charge is 2.50. The lowest BCUT2D eigenvalue weighted by Gasteiger charge is -2.30. The van der Waals surface area contributed by atoms with E-state index in [9.17, 15) is 19.8 Å². The number of nitrogens with zero attached hydrogens (tertiary/aromatic N) is 2. The highest BCUT2D eigenvalue weighted by Crippen LogP contribution is 2.53. The molecular weight excluding hydrogens is 681 g/mol. The van der Waals surface area contributed by atoms with Crippen LogP contribution in [0.3, 0.4) is 0 Å². The molecule has 8 nitrogen and oxygen atoms in total. The first-order valence-corrected chi connectivity index (χ1v) is 18.9. The van der Waals surface area contributed by atoms with Gasteiger partial charge in [-0.1, -0.05) is 12.1 Å². The van der Waals surface area contributed by atoms with Gasteiger partial charge in [-0.2, -0.15) is 22.7 Å². The van der Waals surface area contributed by atoms with Crippen LogP contribution in [-0.4, -0.2) is 32.0 Å². The van der Waals surface area contributed by atoms with Crippen molar-refractivity contribution in [2.75, 3.05) is 10.6 Å². The van der Waals surface area contributed by atoms with Gasteiger partial charge >= 0.3 is 0 Å². The fourth-order valence-electron chi connectivity index (χ4n) is 7.15. The minimum Gasteiger partial charge on any atom is -0.508 e. The molecule has 0 saturated carbocycles. The number of anilines is 2. The van der Waals surface area contributed by atoms with Gasteiger partial charge in [0.05, 0.1) is 10.8 Å². The SMILES string of the molecule is C[C@@]1(C(=O)Nc2nccs2)Cc2ccc(O)cc2[C@@H]1c1ccsc1.C[C@]1(C(=O)Nc2nccs2)Cc2ccc(O)cc2[C@@H]1c1ccsc1. The number of benzene rings is 2. The summed E-state index contributed by atoms with van der Waals surface area (Å²) in [4.78, 5) is 34.5. The average molecular weight is 713 g/mol. The lowest BCUT2D eigenvalue weighted by molar-refractivity contribution is -0.125. The van der Waals surface area contributed by atoms with Crippen LogP contribution in [0.1, 0.15) is 59.1 Å². The van der Waals surface area contributed by atoms with Crippen LogP contribution >= 0.6 is 45.3 Å². The molecular formula is C36H32N4O4S4. The van der Waals surface area contributed by atoms with Crippen LogP contribution < -0.4 is 10.6 Å². The molecule has 2 aliphatic carbocycles. The monoisotopic (exact) mass is 712 g/mol. The van der Waals surface area contributed by atoms with Crippen LogP contribution in [0, 0.1) is 10.8 Å². The Balaban J connectivity index is 0.000000152. The molecule has 4 atom stereocenters. The van der Waals surface area contributed by atoms with E-state index in [4.69, 9.17) is 0 Å². The van der Waals surface area contributed by atoms with E-state index in [0.29, 0.717) is 23.1 Å². The summed E-state index contributed by atoms with van der Waals surface area (Å²) in [7, 11) is 0. The van der Waals surface area contributed by atoms with Gasteiger partial charge in [0, 0.05) is 35.0 Å². The molecule has 0 unspecified atom stereocenters. The number of hydrogen-bond donors (Lipinski definition) is 4. The van der Waals surface area contributed by atoms with Crippen LogP contribution in [0.5, 0.6) is 11.5 Å². The molecule has 244 valence electrons. The summed E-state index contributed by atoms with van der Waals surface area (Å²) in [5.41, 5.74) is 5.27. The summed E-state index contributed by atoms with van der Waals surface area (Å²) in [5, 5.41) is 38.9. The second-order valence-corrected chi connectivity index (χ2v) is 15.9. The molecule has 0 fully saturated rings. The van der Waals surface area contributed by atoms with Gasteiger partial charge in [0.25, 0.3) is 0 Å². The zero-order valence-electron chi connectivity index (χ0n) is 26.0. The number of rotatable bonds is 6. The maximum atomic E-state index is 13.1. The summed E-state index contributed by atoms with van der Waals surface area (Å²) in [6.45, 7) is 3.99. The quantitative estimate of drug-likeness (QED) is 0.137.